The summed E-state index contributed by atoms with van der Waals surface area (Å²) in [5.74, 6) is 0. The summed E-state index contributed by atoms with van der Waals surface area (Å²) in [5.41, 5.74) is 0. The van der Waals surface area contributed by atoms with E-state index in [4.69, 9.17) is 0 Å². The van der Waals surface area contributed by atoms with Gasteiger partial charge in [-0.1, -0.05) is 167 Å². The van der Waals surface area contributed by atoms with E-state index in [1.54, 1.807) is 0 Å². The van der Waals surface area contributed by atoms with Gasteiger partial charge in [0.1, 0.15) is 0 Å². The molecule has 0 heterocycles. The van der Waals surface area contributed by atoms with Crippen LogP contribution in [-0.4, -0.2) is 25.5 Å². The molecule has 187 valence electrons. The fraction of sp³-hybridized carbons (Fsp3) is 0.967. The van der Waals surface area contributed by atoms with Crippen molar-refractivity contribution < 1.29 is 0 Å². The van der Waals surface area contributed by atoms with Crippen molar-refractivity contribution in [2.45, 2.75) is 167 Å². The Hall–Kier alpha value is -0.0400. The number of unbranched alkanes of at least 4 members (excludes halogenated alkanes) is 25. The lowest BCUT2D eigenvalue weighted by molar-refractivity contribution is 0.389. The summed E-state index contributed by atoms with van der Waals surface area (Å²) in [4.78, 5) is 2.30. The van der Waals surface area contributed by atoms with E-state index in [9.17, 15) is 0 Å². The Bertz CT molecular complexity index is 299. The molecular formula is C30H62N. The van der Waals surface area contributed by atoms with Gasteiger partial charge < -0.3 is 4.90 Å². The van der Waals surface area contributed by atoms with Crippen LogP contribution in [0.3, 0.4) is 0 Å². The van der Waals surface area contributed by atoms with Gasteiger partial charge in [0.25, 0.3) is 0 Å². The minimum absolute atomic E-state index is 1.12. The zero-order valence-corrected chi connectivity index (χ0v) is 22.2. The van der Waals surface area contributed by atoms with Gasteiger partial charge >= 0.3 is 0 Å². The molecule has 1 nitrogen and oxygen atoms in total. The zero-order valence-electron chi connectivity index (χ0n) is 22.2. The molecule has 0 bridgehead atoms. The maximum absolute atomic E-state index is 3.92. The fourth-order valence-corrected chi connectivity index (χ4v) is 4.67. The van der Waals surface area contributed by atoms with E-state index in [1.807, 2.05) is 0 Å². The van der Waals surface area contributed by atoms with Crippen LogP contribution in [0.1, 0.15) is 167 Å². The second-order valence-corrected chi connectivity index (χ2v) is 10.5. The summed E-state index contributed by atoms with van der Waals surface area (Å²) in [5, 5.41) is 0. The van der Waals surface area contributed by atoms with Crippen molar-refractivity contribution in [1.82, 2.24) is 4.90 Å². The second kappa shape index (κ2) is 28.0. The van der Waals surface area contributed by atoms with Crippen LogP contribution in [0.4, 0.5) is 0 Å². The maximum atomic E-state index is 3.92. The van der Waals surface area contributed by atoms with E-state index in [-0.39, 0.29) is 0 Å². The van der Waals surface area contributed by atoms with Gasteiger partial charge in [-0.15, -0.1) is 0 Å². The molecule has 0 N–H and O–H groups in total. The van der Waals surface area contributed by atoms with Crippen molar-refractivity contribution in [3.8, 4) is 0 Å². The van der Waals surface area contributed by atoms with Crippen molar-refractivity contribution in [3.05, 3.63) is 6.92 Å². The van der Waals surface area contributed by atoms with Crippen molar-refractivity contribution >= 4 is 0 Å². The largest absolute Gasteiger partial charge is 0.309 e. The van der Waals surface area contributed by atoms with Crippen molar-refractivity contribution in [1.29, 1.82) is 0 Å². The van der Waals surface area contributed by atoms with Crippen LogP contribution < -0.4 is 0 Å². The topological polar surface area (TPSA) is 3.24 Å². The number of hydrogen-bond acceptors (Lipinski definition) is 1. The smallest absolute Gasteiger partial charge is 0.00248 e. The standard InChI is InChI=1S/C30H62N/c1-4-5-6-7-8-9-10-11-12-13-14-15-16-17-18-19-20-21-22-23-24-25-26-27-28-29-30-31(2)3/h1,4-30H2,2-3H3. The highest BCUT2D eigenvalue weighted by atomic mass is 15.0. The predicted octanol–water partition coefficient (Wildman–Crippen LogP) is 10.5. The van der Waals surface area contributed by atoms with Crippen LogP contribution in [-0.2, 0) is 0 Å². The molecule has 0 aromatic rings. The van der Waals surface area contributed by atoms with E-state index in [0.29, 0.717) is 0 Å². The highest BCUT2D eigenvalue weighted by Gasteiger charge is 1.96. The summed E-state index contributed by atoms with van der Waals surface area (Å²) in [6.07, 6.45) is 37.7. The first-order valence-corrected chi connectivity index (χ1v) is 14.7. The third-order valence-corrected chi connectivity index (χ3v) is 6.86. The Morgan fingerprint density at radius 3 is 0.710 bits per heavy atom. The van der Waals surface area contributed by atoms with Gasteiger partial charge in [-0.05, 0) is 27.1 Å². The average Bonchev–Trinajstić information content (AvgIpc) is 2.76. The first-order chi connectivity index (χ1) is 15.3. The summed E-state index contributed by atoms with van der Waals surface area (Å²) in [6, 6.07) is 0. The number of hydrogen-bond donors (Lipinski definition) is 0. The summed E-state index contributed by atoms with van der Waals surface area (Å²) >= 11 is 0. The molecule has 1 radical (unpaired) electrons. The van der Waals surface area contributed by atoms with Crippen LogP contribution in [0, 0.1) is 6.92 Å². The molecule has 0 saturated carbocycles. The quantitative estimate of drug-likeness (QED) is 0.116. The van der Waals surface area contributed by atoms with Crippen LogP contribution in [0.25, 0.3) is 0 Å². The molecule has 0 aromatic carbocycles. The first-order valence-electron chi connectivity index (χ1n) is 14.7. The molecular weight excluding hydrogens is 374 g/mol. The van der Waals surface area contributed by atoms with Gasteiger partial charge in [0.15, 0.2) is 0 Å². The molecule has 0 atom stereocenters. The molecule has 0 aliphatic rings. The molecule has 31 heavy (non-hydrogen) atoms. The minimum atomic E-state index is 1.12. The van der Waals surface area contributed by atoms with Crippen LogP contribution in [0.15, 0.2) is 0 Å². The first kappa shape index (κ1) is 31.0. The molecule has 0 rings (SSSR count). The van der Waals surface area contributed by atoms with Gasteiger partial charge in [-0.2, -0.15) is 0 Å². The summed E-state index contributed by atoms with van der Waals surface area (Å²) < 4.78 is 0. The Morgan fingerprint density at radius 2 is 0.516 bits per heavy atom. The number of rotatable bonds is 27. The molecule has 0 aliphatic heterocycles. The van der Waals surface area contributed by atoms with Crippen LogP contribution >= 0.6 is 0 Å². The van der Waals surface area contributed by atoms with E-state index >= 15 is 0 Å². The lowest BCUT2D eigenvalue weighted by atomic mass is 10.0. The zero-order chi connectivity index (χ0) is 22.7. The minimum Gasteiger partial charge on any atom is -0.309 e. The Kier molecular flexibility index (Phi) is 28.0. The van der Waals surface area contributed by atoms with Crippen molar-refractivity contribution in [3.63, 3.8) is 0 Å². The fourth-order valence-electron chi connectivity index (χ4n) is 4.67. The van der Waals surface area contributed by atoms with E-state index in [2.05, 4.69) is 25.9 Å². The SMILES string of the molecule is [CH2]CCCCCCCCCCCCCCCCCCCCCCCCCCCN(C)C. The van der Waals surface area contributed by atoms with E-state index < -0.39 is 0 Å². The van der Waals surface area contributed by atoms with Crippen molar-refractivity contribution in [2.24, 2.45) is 0 Å². The Labute approximate surface area is 199 Å². The third kappa shape index (κ3) is 30.0. The second-order valence-electron chi connectivity index (χ2n) is 10.5. The average molecular weight is 437 g/mol. The van der Waals surface area contributed by atoms with Gasteiger partial charge in [0, 0.05) is 0 Å². The van der Waals surface area contributed by atoms with Crippen LogP contribution in [0.5, 0.6) is 0 Å². The molecule has 0 unspecified atom stereocenters. The lowest BCUT2D eigenvalue weighted by Gasteiger charge is -2.08. The molecule has 1 heteroatoms. The molecule has 0 amide bonds. The monoisotopic (exact) mass is 436 g/mol. The molecule has 0 saturated heterocycles. The van der Waals surface area contributed by atoms with Gasteiger partial charge in [-0.3, -0.25) is 0 Å². The molecule has 0 aliphatic carbocycles. The maximum Gasteiger partial charge on any atom is -0.00248 e. The summed E-state index contributed by atoms with van der Waals surface area (Å²) in [7, 11) is 4.36. The Morgan fingerprint density at radius 1 is 0.323 bits per heavy atom. The highest BCUT2D eigenvalue weighted by molar-refractivity contribution is 4.52. The molecule has 0 aromatic heterocycles. The Balaban J connectivity index is 2.99. The van der Waals surface area contributed by atoms with Gasteiger partial charge in [-0.25, -0.2) is 0 Å². The summed E-state index contributed by atoms with van der Waals surface area (Å²) in [6.45, 7) is 5.18. The predicted molar refractivity (Wildman–Crippen MR) is 144 cm³/mol. The van der Waals surface area contributed by atoms with Crippen LogP contribution in [0.2, 0.25) is 0 Å². The lowest BCUT2D eigenvalue weighted by Crippen LogP contribution is -2.12. The van der Waals surface area contributed by atoms with Gasteiger partial charge in [0.2, 0.25) is 0 Å². The normalized spacial score (nSPS) is 11.6. The number of nitrogens with zero attached hydrogens (tertiary/aromatic N) is 1. The van der Waals surface area contributed by atoms with E-state index in [0.717, 1.165) is 6.42 Å². The molecule has 0 fully saturated rings. The van der Waals surface area contributed by atoms with Crippen molar-refractivity contribution in [2.75, 3.05) is 20.6 Å². The van der Waals surface area contributed by atoms with Gasteiger partial charge in [0.05, 0.1) is 0 Å². The third-order valence-electron chi connectivity index (χ3n) is 6.86. The molecule has 0 spiro atoms. The highest BCUT2D eigenvalue weighted by Crippen LogP contribution is 2.15. The van der Waals surface area contributed by atoms with E-state index in [1.165, 1.54) is 167 Å².